The fourth-order valence-electron chi connectivity index (χ4n) is 4.15. The summed E-state index contributed by atoms with van der Waals surface area (Å²) in [5.41, 5.74) is 6.56. The van der Waals surface area contributed by atoms with Gasteiger partial charge in [-0.2, -0.15) is 0 Å². The molecular formula is C24H31NO2. The van der Waals surface area contributed by atoms with Crippen LogP contribution in [0.2, 0.25) is 0 Å². The molecule has 0 heterocycles. The van der Waals surface area contributed by atoms with Gasteiger partial charge in [-0.1, -0.05) is 33.8 Å². The maximum absolute atomic E-state index is 12.0. The minimum Gasteiger partial charge on any atom is -0.493 e. The minimum atomic E-state index is -0.109. The molecule has 0 atom stereocenters. The topological polar surface area (TPSA) is 29.5 Å². The minimum absolute atomic E-state index is 0.109. The van der Waals surface area contributed by atoms with Crippen molar-refractivity contribution in [1.82, 2.24) is 0 Å². The number of nitrogens with zero attached hydrogens (tertiary/aromatic N) is 1. The molecule has 0 aromatic heterocycles. The highest BCUT2D eigenvalue weighted by molar-refractivity contribution is 5.68. The molecule has 3 rings (SSSR count). The molecule has 0 fully saturated rings. The molecule has 0 spiro atoms. The summed E-state index contributed by atoms with van der Waals surface area (Å²) in [5, 5.41) is 0. The van der Waals surface area contributed by atoms with Crippen LogP contribution in [0.5, 0.6) is 5.75 Å². The predicted octanol–water partition coefficient (Wildman–Crippen LogP) is 5.48. The first-order valence-corrected chi connectivity index (χ1v) is 9.64. The van der Waals surface area contributed by atoms with Crippen molar-refractivity contribution < 1.29 is 4.74 Å². The van der Waals surface area contributed by atoms with E-state index in [1.807, 2.05) is 12.1 Å². The largest absolute Gasteiger partial charge is 0.493 e. The van der Waals surface area contributed by atoms with Gasteiger partial charge in [0.2, 0.25) is 5.43 Å². The zero-order valence-electron chi connectivity index (χ0n) is 17.6. The third-order valence-electron chi connectivity index (χ3n) is 6.19. The van der Waals surface area contributed by atoms with Crippen LogP contribution in [0.3, 0.4) is 0 Å². The van der Waals surface area contributed by atoms with Crippen molar-refractivity contribution in [2.75, 3.05) is 19.1 Å². The van der Waals surface area contributed by atoms with Crippen molar-refractivity contribution in [3.8, 4) is 5.75 Å². The van der Waals surface area contributed by atoms with Gasteiger partial charge in [-0.05, 0) is 77.6 Å². The smallest absolute Gasteiger partial charge is 0.220 e. The molecule has 0 N–H and O–H groups in total. The molecule has 0 aliphatic heterocycles. The van der Waals surface area contributed by atoms with Gasteiger partial charge in [-0.15, -0.1) is 0 Å². The molecule has 27 heavy (non-hydrogen) atoms. The number of hydrogen-bond acceptors (Lipinski definition) is 3. The average molecular weight is 366 g/mol. The van der Waals surface area contributed by atoms with Crippen LogP contribution in [0.4, 0.5) is 11.4 Å². The standard InChI is InChI=1S/C24H31NO2/c1-16-14-18-19(24(4,5)13-12-23(18,2)3)15-20(16)25(6)17-8-10-21(26)22(27-7)11-9-17/h8-11,14-15H,12-13H2,1-7H3. The van der Waals surface area contributed by atoms with Gasteiger partial charge in [-0.25, -0.2) is 0 Å². The number of aryl methyl sites for hydroxylation is 1. The summed E-state index contributed by atoms with van der Waals surface area (Å²) < 4.78 is 5.16. The van der Waals surface area contributed by atoms with E-state index in [1.165, 1.54) is 42.3 Å². The molecule has 0 saturated carbocycles. The molecular weight excluding hydrogens is 334 g/mol. The second-order valence-corrected chi connectivity index (χ2v) is 9.04. The van der Waals surface area contributed by atoms with E-state index in [-0.39, 0.29) is 16.3 Å². The summed E-state index contributed by atoms with van der Waals surface area (Å²) in [6, 6.07) is 11.8. The van der Waals surface area contributed by atoms with E-state index in [0.29, 0.717) is 5.75 Å². The summed E-state index contributed by atoms with van der Waals surface area (Å²) in [6.45, 7) is 11.6. The fourth-order valence-corrected chi connectivity index (χ4v) is 4.15. The summed E-state index contributed by atoms with van der Waals surface area (Å²) in [6.07, 6.45) is 2.40. The van der Waals surface area contributed by atoms with Crippen molar-refractivity contribution in [2.24, 2.45) is 0 Å². The number of fused-ring (bicyclic) bond motifs is 1. The molecule has 0 amide bonds. The van der Waals surface area contributed by atoms with E-state index < -0.39 is 0 Å². The normalized spacial score (nSPS) is 17.1. The molecule has 0 radical (unpaired) electrons. The molecule has 144 valence electrons. The Kier molecular flexibility index (Phi) is 4.83. The Hall–Kier alpha value is -2.29. The number of anilines is 2. The molecule has 0 saturated heterocycles. The number of ether oxygens (including phenoxy) is 1. The van der Waals surface area contributed by atoms with Gasteiger partial charge >= 0.3 is 0 Å². The predicted molar refractivity (Wildman–Crippen MR) is 114 cm³/mol. The molecule has 3 nitrogen and oxygen atoms in total. The van der Waals surface area contributed by atoms with Gasteiger partial charge in [-0.3, -0.25) is 4.79 Å². The lowest BCUT2D eigenvalue weighted by Gasteiger charge is -2.43. The zero-order valence-corrected chi connectivity index (χ0v) is 17.6. The second-order valence-electron chi connectivity index (χ2n) is 9.04. The second kappa shape index (κ2) is 6.70. The van der Waals surface area contributed by atoms with Crippen molar-refractivity contribution in [3.63, 3.8) is 0 Å². The first-order valence-electron chi connectivity index (χ1n) is 9.64. The number of hydrogen-bond donors (Lipinski definition) is 0. The Morgan fingerprint density at radius 1 is 0.926 bits per heavy atom. The monoisotopic (exact) mass is 365 g/mol. The highest BCUT2D eigenvalue weighted by atomic mass is 16.5. The van der Waals surface area contributed by atoms with Gasteiger partial charge in [0, 0.05) is 18.4 Å². The Morgan fingerprint density at radius 2 is 1.48 bits per heavy atom. The SMILES string of the molecule is COc1ccc(N(C)c2cc3c(cc2C)C(C)(C)CCC3(C)C)ccc1=O. The lowest BCUT2D eigenvalue weighted by molar-refractivity contribution is 0.332. The lowest BCUT2D eigenvalue weighted by Crippen LogP contribution is -2.34. The molecule has 1 aliphatic carbocycles. The number of methoxy groups -OCH3 is 1. The van der Waals surface area contributed by atoms with Crippen LogP contribution in [-0.2, 0) is 10.8 Å². The number of rotatable bonds is 3. The lowest BCUT2D eigenvalue weighted by atomic mass is 9.63. The van der Waals surface area contributed by atoms with E-state index in [4.69, 9.17) is 4.74 Å². The Balaban J connectivity index is 2.13. The fraction of sp³-hybridized carbons (Fsp3) is 0.458. The van der Waals surface area contributed by atoms with E-state index in [0.717, 1.165) is 5.69 Å². The van der Waals surface area contributed by atoms with E-state index in [1.54, 1.807) is 12.1 Å². The quantitative estimate of drug-likeness (QED) is 0.721. The highest BCUT2D eigenvalue weighted by Crippen LogP contribution is 2.48. The van der Waals surface area contributed by atoms with Crippen LogP contribution in [0.25, 0.3) is 0 Å². The number of benzene rings is 1. The molecule has 1 aliphatic rings. The van der Waals surface area contributed by atoms with E-state index in [2.05, 4.69) is 58.7 Å². The Morgan fingerprint density at radius 3 is 2.07 bits per heavy atom. The molecule has 2 aromatic rings. The summed E-state index contributed by atoms with van der Waals surface area (Å²) in [5.74, 6) is 0.361. The van der Waals surface area contributed by atoms with Crippen molar-refractivity contribution in [2.45, 2.75) is 58.3 Å². The summed E-state index contributed by atoms with van der Waals surface area (Å²) >= 11 is 0. The highest BCUT2D eigenvalue weighted by Gasteiger charge is 2.37. The summed E-state index contributed by atoms with van der Waals surface area (Å²) in [7, 11) is 3.58. The van der Waals surface area contributed by atoms with Gasteiger partial charge in [0.25, 0.3) is 0 Å². The van der Waals surface area contributed by atoms with Crippen LogP contribution in [-0.4, -0.2) is 14.2 Å². The first-order chi connectivity index (χ1) is 12.6. The van der Waals surface area contributed by atoms with Gasteiger partial charge < -0.3 is 9.64 Å². The molecule has 0 bridgehead atoms. The molecule has 3 heteroatoms. The molecule has 0 unspecified atom stereocenters. The van der Waals surface area contributed by atoms with Gasteiger partial charge in [0.1, 0.15) is 0 Å². The van der Waals surface area contributed by atoms with Crippen molar-refractivity contribution in [1.29, 1.82) is 0 Å². The van der Waals surface area contributed by atoms with Crippen LogP contribution >= 0.6 is 0 Å². The Bertz CT molecular complexity index is 928. The van der Waals surface area contributed by atoms with Gasteiger partial charge in [0.05, 0.1) is 7.11 Å². The first kappa shape index (κ1) is 19.5. The third kappa shape index (κ3) is 3.47. The Labute approximate surface area is 163 Å². The van der Waals surface area contributed by atoms with E-state index >= 15 is 0 Å². The van der Waals surface area contributed by atoms with Crippen LogP contribution < -0.4 is 15.1 Å². The maximum Gasteiger partial charge on any atom is 0.220 e. The molecule has 2 aromatic carbocycles. The van der Waals surface area contributed by atoms with Crippen molar-refractivity contribution >= 4 is 11.4 Å². The maximum atomic E-state index is 12.0. The van der Waals surface area contributed by atoms with Crippen LogP contribution in [0, 0.1) is 6.92 Å². The van der Waals surface area contributed by atoms with E-state index in [9.17, 15) is 4.79 Å². The zero-order chi connectivity index (χ0) is 20.0. The van der Waals surface area contributed by atoms with Crippen LogP contribution in [0.15, 0.2) is 41.2 Å². The average Bonchev–Trinajstić information content (AvgIpc) is 2.79. The third-order valence-corrected chi connectivity index (χ3v) is 6.19. The van der Waals surface area contributed by atoms with Crippen LogP contribution in [0.1, 0.15) is 57.2 Å². The summed E-state index contributed by atoms with van der Waals surface area (Å²) in [4.78, 5) is 14.2. The van der Waals surface area contributed by atoms with Gasteiger partial charge in [0.15, 0.2) is 5.75 Å². The van der Waals surface area contributed by atoms with Crippen molar-refractivity contribution in [3.05, 3.63) is 63.3 Å².